The van der Waals surface area contributed by atoms with Crippen molar-refractivity contribution < 1.29 is 13.7 Å². The number of fused-ring (bicyclic) bond motifs is 1. The Morgan fingerprint density at radius 3 is 2.79 bits per heavy atom. The van der Waals surface area contributed by atoms with Gasteiger partial charge in [-0.3, -0.25) is 4.21 Å². The lowest BCUT2D eigenvalue weighted by Gasteiger charge is -2.15. The zero-order chi connectivity index (χ0) is 17.1. The molecule has 0 saturated carbocycles. The van der Waals surface area contributed by atoms with Gasteiger partial charge in [0.25, 0.3) is 0 Å². The van der Waals surface area contributed by atoms with Crippen molar-refractivity contribution in [2.75, 3.05) is 18.7 Å². The van der Waals surface area contributed by atoms with Crippen molar-refractivity contribution in [3.63, 3.8) is 0 Å². The molecular formula is C18H20N2O3S. The topological polar surface area (TPSA) is 67.4 Å². The Morgan fingerprint density at radius 1 is 1.25 bits per heavy atom. The van der Waals surface area contributed by atoms with Crippen LogP contribution in [-0.4, -0.2) is 23.6 Å². The summed E-state index contributed by atoms with van der Waals surface area (Å²) >= 11 is 0. The molecule has 2 N–H and O–H groups in total. The fraction of sp³-hybridized carbons (Fsp3) is 0.278. The van der Waals surface area contributed by atoms with Gasteiger partial charge in [0.2, 0.25) is 0 Å². The van der Waals surface area contributed by atoms with E-state index in [0.29, 0.717) is 10.6 Å². The first-order chi connectivity index (χ1) is 11.6. The molecule has 0 fully saturated rings. The van der Waals surface area contributed by atoms with Crippen LogP contribution in [0.5, 0.6) is 5.75 Å². The van der Waals surface area contributed by atoms with Crippen LogP contribution in [0.3, 0.4) is 0 Å². The smallest absolute Gasteiger partial charge is 0.319 e. The maximum absolute atomic E-state index is 12.3. The summed E-state index contributed by atoms with van der Waals surface area (Å²) in [6.07, 6.45) is 3.35. The molecule has 126 valence electrons. The normalized spacial score (nSPS) is 17.0. The average molecular weight is 344 g/mol. The van der Waals surface area contributed by atoms with Crippen LogP contribution in [0.1, 0.15) is 23.6 Å². The van der Waals surface area contributed by atoms with Crippen LogP contribution in [0, 0.1) is 0 Å². The lowest BCUT2D eigenvalue weighted by atomic mass is 10.1. The third kappa shape index (κ3) is 3.43. The van der Waals surface area contributed by atoms with Crippen LogP contribution in [0.4, 0.5) is 10.5 Å². The molecule has 24 heavy (non-hydrogen) atoms. The van der Waals surface area contributed by atoms with Gasteiger partial charge in [0, 0.05) is 27.6 Å². The Kier molecular flexibility index (Phi) is 4.85. The molecule has 2 amide bonds. The predicted molar refractivity (Wildman–Crippen MR) is 95.0 cm³/mol. The first-order valence-electron chi connectivity index (χ1n) is 7.75. The highest BCUT2D eigenvalue weighted by Crippen LogP contribution is 2.36. The number of hydrogen-bond donors (Lipinski definition) is 2. The number of carbonyl (C=O) groups is 1. The largest absolute Gasteiger partial charge is 0.496 e. The molecule has 2 aromatic rings. The van der Waals surface area contributed by atoms with Gasteiger partial charge in [-0.05, 0) is 48.2 Å². The van der Waals surface area contributed by atoms with E-state index >= 15 is 0 Å². The summed E-state index contributed by atoms with van der Waals surface area (Å²) in [5.41, 5.74) is 2.89. The molecule has 3 rings (SSSR count). The van der Waals surface area contributed by atoms with E-state index in [-0.39, 0.29) is 12.1 Å². The SMILES string of the molecule is COc1cccc2c1CC[C@H]2NC(=O)Nc1cccc([S@@](C)=O)c1. The summed E-state index contributed by atoms with van der Waals surface area (Å²) in [6.45, 7) is 0. The third-order valence-corrected chi connectivity index (χ3v) is 5.09. The first-order valence-corrected chi connectivity index (χ1v) is 9.31. The van der Waals surface area contributed by atoms with Crippen molar-refractivity contribution in [3.05, 3.63) is 53.6 Å². The van der Waals surface area contributed by atoms with Crippen molar-refractivity contribution in [2.24, 2.45) is 0 Å². The molecule has 0 saturated heterocycles. The summed E-state index contributed by atoms with van der Waals surface area (Å²) in [6, 6.07) is 12.7. The van der Waals surface area contributed by atoms with Gasteiger partial charge in [0.15, 0.2) is 0 Å². The number of amides is 2. The van der Waals surface area contributed by atoms with E-state index in [4.69, 9.17) is 4.74 Å². The molecule has 0 spiro atoms. The molecule has 1 aliphatic rings. The number of anilines is 1. The summed E-state index contributed by atoms with van der Waals surface area (Å²) in [5, 5.41) is 5.81. The van der Waals surface area contributed by atoms with Crippen LogP contribution in [0.15, 0.2) is 47.4 Å². The minimum Gasteiger partial charge on any atom is -0.496 e. The molecule has 5 nitrogen and oxygen atoms in total. The molecule has 0 bridgehead atoms. The Balaban J connectivity index is 1.69. The minimum absolute atomic E-state index is 0.0291. The average Bonchev–Trinajstić information content (AvgIpc) is 2.98. The second-order valence-corrected chi connectivity index (χ2v) is 7.08. The number of hydrogen-bond acceptors (Lipinski definition) is 3. The monoisotopic (exact) mass is 344 g/mol. The molecule has 0 aliphatic heterocycles. The highest BCUT2D eigenvalue weighted by Gasteiger charge is 2.26. The van der Waals surface area contributed by atoms with Crippen LogP contribution in [-0.2, 0) is 17.2 Å². The van der Waals surface area contributed by atoms with Crippen LogP contribution < -0.4 is 15.4 Å². The predicted octanol–water partition coefficient (Wildman–Crippen LogP) is 3.24. The summed E-state index contributed by atoms with van der Waals surface area (Å²) in [5.74, 6) is 0.871. The molecule has 1 aliphatic carbocycles. The highest BCUT2D eigenvalue weighted by molar-refractivity contribution is 7.84. The fourth-order valence-electron chi connectivity index (χ4n) is 3.04. The minimum atomic E-state index is -1.08. The molecular weight excluding hydrogens is 324 g/mol. The Hall–Kier alpha value is -2.34. The van der Waals surface area contributed by atoms with Gasteiger partial charge < -0.3 is 15.4 Å². The lowest BCUT2D eigenvalue weighted by molar-refractivity contribution is 0.248. The number of nitrogens with one attached hydrogen (secondary N) is 2. The van der Waals surface area contributed by atoms with Crippen LogP contribution >= 0.6 is 0 Å². The fourth-order valence-corrected chi connectivity index (χ4v) is 3.60. The Morgan fingerprint density at radius 2 is 2.04 bits per heavy atom. The maximum atomic E-state index is 12.3. The van der Waals surface area contributed by atoms with Gasteiger partial charge in [0.1, 0.15) is 5.75 Å². The summed E-state index contributed by atoms with van der Waals surface area (Å²) in [7, 11) is 0.583. The van der Waals surface area contributed by atoms with E-state index in [1.54, 1.807) is 37.6 Å². The van der Waals surface area contributed by atoms with E-state index < -0.39 is 10.8 Å². The van der Waals surface area contributed by atoms with Gasteiger partial charge in [-0.2, -0.15) is 0 Å². The summed E-state index contributed by atoms with van der Waals surface area (Å²) < 4.78 is 16.9. The summed E-state index contributed by atoms with van der Waals surface area (Å²) in [4.78, 5) is 13.0. The quantitative estimate of drug-likeness (QED) is 0.895. The van der Waals surface area contributed by atoms with E-state index in [1.165, 1.54) is 0 Å². The Bertz CT molecular complexity index is 792. The zero-order valence-electron chi connectivity index (χ0n) is 13.7. The van der Waals surface area contributed by atoms with Gasteiger partial charge in [0.05, 0.1) is 13.2 Å². The van der Waals surface area contributed by atoms with Gasteiger partial charge in [-0.25, -0.2) is 4.79 Å². The second kappa shape index (κ2) is 7.05. The van der Waals surface area contributed by atoms with E-state index in [1.807, 2.05) is 18.2 Å². The molecule has 2 atom stereocenters. The number of methoxy groups -OCH3 is 1. The number of rotatable bonds is 4. The van der Waals surface area contributed by atoms with Crippen molar-refractivity contribution in [1.29, 1.82) is 0 Å². The number of urea groups is 1. The molecule has 0 unspecified atom stereocenters. The molecule has 0 aromatic heterocycles. The number of carbonyl (C=O) groups excluding carboxylic acids is 1. The van der Waals surface area contributed by atoms with E-state index in [0.717, 1.165) is 29.7 Å². The molecule has 0 radical (unpaired) electrons. The number of benzene rings is 2. The van der Waals surface area contributed by atoms with Gasteiger partial charge in [-0.15, -0.1) is 0 Å². The van der Waals surface area contributed by atoms with Crippen LogP contribution in [0.2, 0.25) is 0 Å². The first kappa shape index (κ1) is 16.5. The Labute approximate surface area is 143 Å². The van der Waals surface area contributed by atoms with Gasteiger partial charge in [-0.1, -0.05) is 18.2 Å². The standard InChI is InChI=1S/C18H20N2O3S/c1-23-17-8-4-7-14-15(17)9-10-16(14)20-18(21)19-12-5-3-6-13(11-12)24(2)22/h3-8,11,16H,9-10H2,1-2H3,(H2,19,20,21)/t16-,24-/m1/s1. The van der Waals surface area contributed by atoms with E-state index in [2.05, 4.69) is 10.6 Å². The molecule has 2 aromatic carbocycles. The second-order valence-electron chi connectivity index (χ2n) is 5.70. The lowest BCUT2D eigenvalue weighted by Crippen LogP contribution is -2.31. The van der Waals surface area contributed by atoms with E-state index in [9.17, 15) is 9.00 Å². The van der Waals surface area contributed by atoms with Crippen molar-refractivity contribution in [3.8, 4) is 5.75 Å². The molecule has 6 heteroatoms. The number of ether oxygens (including phenoxy) is 1. The highest BCUT2D eigenvalue weighted by atomic mass is 32.2. The van der Waals surface area contributed by atoms with Crippen molar-refractivity contribution in [2.45, 2.75) is 23.8 Å². The van der Waals surface area contributed by atoms with Gasteiger partial charge >= 0.3 is 6.03 Å². The zero-order valence-corrected chi connectivity index (χ0v) is 14.5. The van der Waals surface area contributed by atoms with Crippen molar-refractivity contribution in [1.82, 2.24) is 5.32 Å². The maximum Gasteiger partial charge on any atom is 0.319 e. The van der Waals surface area contributed by atoms with Crippen molar-refractivity contribution >= 4 is 22.5 Å². The third-order valence-electron chi connectivity index (χ3n) is 4.18. The van der Waals surface area contributed by atoms with Crippen LogP contribution in [0.25, 0.3) is 0 Å². The molecule has 0 heterocycles.